The van der Waals surface area contributed by atoms with Gasteiger partial charge in [0, 0.05) is 11.8 Å². The van der Waals surface area contributed by atoms with Crippen LogP contribution in [0.1, 0.15) is 18.1 Å². The van der Waals surface area contributed by atoms with Crippen molar-refractivity contribution >= 4 is 17.6 Å². The standard InChI is InChI=1S/C9H9ClFNO3/c1-15-8(14)3-7(13)6-2-5(10)4-12-9(6)11/h2,4,7,13H,3H2,1H3/t7-/m0/s1. The molecule has 4 nitrogen and oxygen atoms in total. The summed E-state index contributed by atoms with van der Waals surface area (Å²) < 4.78 is 17.4. The van der Waals surface area contributed by atoms with E-state index < -0.39 is 18.0 Å². The van der Waals surface area contributed by atoms with Gasteiger partial charge in [0.25, 0.3) is 0 Å². The molecule has 1 heterocycles. The Labute approximate surface area is 90.6 Å². The van der Waals surface area contributed by atoms with E-state index in [1.165, 1.54) is 13.2 Å². The molecule has 0 aliphatic rings. The summed E-state index contributed by atoms with van der Waals surface area (Å²) >= 11 is 5.57. The molecule has 0 amide bonds. The van der Waals surface area contributed by atoms with Crippen LogP contribution in [0.2, 0.25) is 5.02 Å². The Morgan fingerprint density at radius 1 is 1.80 bits per heavy atom. The molecule has 0 unspecified atom stereocenters. The number of esters is 1. The fourth-order valence-corrected chi connectivity index (χ4v) is 1.19. The Morgan fingerprint density at radius 2 is 2.47 bits per heavy atom. The van der Waals surface area contributed by atoms with E-state index in [9.17, 15) is 14.3 Å². The number of methoxy groups -OCH3 is 1. The average Bonchev–Trinajstić information content (AvgIpc) is 2.21. The van der Waals surface area contributed by atoms with Crippen LogP contribution in [0.3, 0.4) is 0 Å². The summed E-state index contributed by atoms with van der Waals surface area (Å²) in [6.07, 6.45) is -0.524. The first-order chi connectivity index (χ1) is 7.04. The number of aliphatic hydroxyl groups is 1. The van der Waals surface area contributed by atoms with Gasteiger partial charge in [-0.1, -0.05) is 11.6 Å². The van der Waals surface area contributed by atoms with Crippen molar-refractivity contribution in [2.75, 3.05) is 7.11 Å². The highest BCUT2D eigenvalue weighted by molar-refractivity contribution is 6.30. The Kier molecular flexibility index (Phi) is 3.99. The van der Waals surface area contributed by atoms with E-state index in [0.29, 0.717) is 0 Å². The van der Waals surface area contributed by atoms with Crippen LogP contribution in [0.4, 0.5) is 4.39 Å². The second-order valence-corrected chi connectivity index (χ2v) is 3.27. The molecular formula is C9H9ClFNO3. The van der Waals surface area contributed by atoms with Crippen LogP contribution in [0.15, 0.2) is 12.3 Å². The van der Waals surface area contributed by atoms with Gasteiger partial charge in [-0.3, -0.25) is 4.79 Å². The monoisotopic (exact) mass is 233 g/mol. The molecule has 6 heteroatoms. The molecule has 0 radical (unpaired) electrons. The van der Waals surface area contributed by atoms with Crippen molar-refractivity contribution in [2.45, 2.75) is 12.5 Å². The van der Waals surface area contributed by atoms with Crippen LogP contribution in [-0.4, -0.2) is 23.2 Å². The molecule has 0 aromatic carbocycles. The van der Waals surface area contributed by atoms with E-state index in [-0.39, 0.29) is 17.0 Å². The number of hydrogen-bond acceptors (Lipinski definition) is 4. The number of aromatic nitrogens is 1. The summed E-state index contributed by atoms with van der Waals surface area (Å²) in [5, 5.41) is 9.68. The van der Waals surface area contributed by atoms with Crippen molar-refractivity contribution in [3.05, 3.63) is 28.8 Å². The van der Waals surface area contributed by atoms with Crippen molar-refractivity contribution in [2.24, 2.45) is 0 Å². The Morgan fingerprint density at radius 3 is 3.07 bits per heavy atom. The van der Waals surface area contributed by atoms with Gasteiger partial charge in [0.2, 0.25) is 5.95 Å². The molecule has 0 aliphatic carbocycles. The van der Waals surface area contributed by atoms with E-state index in [1.807, 2.05) is 0 Å². The molecule has 1 aromatic heterocycles. The molecule has 1 atom stereocenters. The van der Waals surface area contributed by atoms with Crippen LogP contribution in [0, 0.1) is 5.95 Å². The average molecular weight is 234 g/mol. The van der Waals surface area contributed by atoms with Crippen molar-refractivity contribution in [3.63, 3.8) is 0 Å². The number of nitrogens with zero attached hydrogens (tertiary/aromatic N) is 1. The summed E-state index contributed by atoms with van der Waals surface area (Å²) in [6, 6.07) is 1.22. The third kappa shape index (κ3) is 3.14. The van der Waals surface area contributed by atoms with E-state index in [0.717, 1.165) is 6.20 Å². The number of rotatable bonds is 3. The lowest BCUT2D eigenvalue weighted by atomic mass is 10.1. The first kappa shape index (κ1) is 11.9. The van der Waals surface area contributed by atoms with Gasteiger partial charge in [-0.05, 0) is 6.07 Å². The summed E-state index contributed by atoms with van der Waals surface area (Å²) in [5.74, 6) is -1.49. The number of ether oxygens (including phenoxy) is 1. The molecule has 0 fully saturated rings. The topological polar surface area (TPSA) is 59.4 Å². The number of aliphatic hydroxyl groups excluding tert-OH is 1. The molecule has 0 aliphatic heterocycles. The van der Waals surface area contributed by atoms with Crippen LogP contribution in [0.25, 0.3) is 0 Å². The first-order valence-electron chi connectivity index (χ1n) is 4.10. The zero-order chi connectivity index (χ0) is 11.4. The maximum absolute atomic E-state index is 13.1. The molecule has 0 bridgehead atoms. The second kappa shape index (κ2) is 5.04. The third-order valence-corrected chi connectivity index (χ3v) is 1.99. The summed E-state index contributed by atoms with van der Waals surface area (Å²) in [4.78, 5) is 14.2. The second-order valence-electron chi connectivity index (χ2n) is 2.83. The predicted octanol–water partition coefficient (Wildman–Crippen LogP) is 1.47. The van der Waals surface area contributed by atoms with E-state index in [1.54, 1.807) is 0 Å². The fraction of sp³-hybridized carbons (Fsp3) is 0.333. The molecule has 82 valence electrons. The van der Waals surface area contributed by atoms with Crippen LogP contribution >= 0.6 is 11.6 Å². The molecule has 0 saturated carbocycles. The first-order valence-corrected chi connectivity index (χ1v) is 4.48. The highest BCUT2D eigenvalue weighted by atomic mass is 35.5. The minimum Gasteiger partial charge on any atom is -0.469 e. The van der Waals surface area contributed by atoms with Gasteiger partial charge in [-0.15, -0.1) is 0 Å². The molecule has 15 heavy (non-hydrogen) atoms. The predicted molar refractivity (Wildman–Crippen MR) is 50.8 cm³/mol. The van der Waals surface area contributed by atoms with Crippen LogP contribution in [-0.2, 0) is 9.53 Å². The number of hydrogen-bond donors (Lipinski definition) is 1. The van der Waals surface area contributed by atoms with Gasteiger partial charge >= 0.3 is 5.97 Å². The fourth-order valence-electron chi connectivity index (χ4n) is 1.02. The highest BCUT2D eigenvalue weighted by Crippen LogP contribution is 2.22. The summed E-state index contributed by atoms with van der Waals surface area (Å²) in [5.41, 5.74) is -0.118. The van der Waals surface area contributed by atoms with Gasteiger partial charge in [-0.25, -0.2) is 4.98 Å². The maximum Gasteiger partial charge on any atom is 0.308 e. The largest absolute Gasteiger partial charge is 0.469 e. The maximum atomic E-state index is 13.1. The molecule has 1 N–H and O–H groups in total. The molecule has 1 rings (SSSR count). The Hall–Kier alpha value is -1.20. The lowest BCUT2D eigenvalue weighted by molar-refractivity contribution is -0.142. The lowest BCUT2D eigenvalue weighted by Gasteiger charge is -2.09. The number of carbonyl (C=O) groups excluding carboxylic acids is 1. The quantitative estimate of drug-likeness (QED) is 0.635. The number of halogens is 2. The smallest absolute Gasteiger partial charge is 0.308 e. The van der Waals surface area contributed by atoms with Gasteiger partial charge in [0.05, 0.1) is 24.7 Å². The SMILES string of the molecule is COC(=O)C[C@H](O)c1cc(Cl)cnc1F. The van der Waals surface area contributed by atoms with E-state index in [4.69, 9.17) is 11.6 Å². The van der Waals surface area contributed by atoms with Gasteiger partial charge < -0.3 is 9.84 Å². The molecule has 1 aromatic rings. The van der Waals surface area contributed by atoms with Crippen molar-refractivity contribution in [3.8, 4) is 0 Å². The molecule has 0 saturated heterocycles. The zero-order valence-electron chi connectivity index (χ0n) is 7.91. The Bertz CT molecular complexity index is 372. The highest BCUT2D eigenvalue weighted by Gasteiger charge is 2.18. The van der Waals surface area contributed by atoms with E-state index >= 15 is 0 Å². The lowest BCUT2D eigenvalue weighted by Crippen LogP contribution is -2.10. The Balaban J connectivity index is 2.85. The van der Waals surface area contributed by atoms with Crippen LogP contribution < -0.4 is 0 Å². The van der Waals surface area contributed by atoms with Gasteiger partial charge in [-0.2, -0.15) is 4.39 Å². The number of pyridine rings is 1. The zero-order valence-corrected chi connectivity index (χ0v) is 8.66. The van der Waals surface area contributed by atoms with Gasteiger partial charge in [0.15, 0.2) is 0 Å². The summed E-state index contributed by atoms with van der Waals surface area (Å²) in [6.45, 7) is 0. The number of carbonyl (C=O) groups is 1. The minimum atomic E-state index is -1.30. The van der Waals surface area contributed by atoms with Crippen LogP contribution in [0.5, 0.6) is 0 Å². The molecular weight excluding hydrogens is 225 g/mol. The minimum absolute atomic E-state index is 0.118. The molecule has 0 spiro atoms. The van der Waals surface area contributed by atoms with Crippen molar-refractivity contribution in [1.29, 1.82) is 0 Å². The van der Waals surface area contributed by atoms with Gasteiger partial charge in [0.1, 0.15) is 0 Å². The summed E-state index contributed by atoms with van der Waals surface area (Å²) in [7, 11) is 1.18. The van der Waals surface area contributed by atoms with Crippen molar-refractivity contribution in [1.82, 2.24) is 4.98 Å². The third-order valence-electron chi connectivity index (χ3n) is 1.78. The van der Waals surface area contributed by atoms with Crippen molar-refractivity contribution < 1.29 is 19.0 Å². The normalized spacial score (nSPS) is 12.3. The van der Waals surface area contributed by atoms with E-state index in [2.05, 4.69) is 9.72 Å².